The van der Waals surface area contributed by atoms with Gasteiger partial charge in [-0.1, -0.05) is 11.6 Å². The van der Waals surface area contributed by atoms with Gasteiger partial charge >= 0.3 is 0 Å². The van der Waals surface area contributed by atoms with Crippen molar-refractivity contribution in [2.24, 2.45) is 0 Å². The smallest absolute Gasteiger partial charge is 0.281 e. The van der Waals surface area contributed by atoms with Crippen LogP contribution in [0.4, 0.5) is 5.69 Å². The number of carbonyl (C=O) groups excluding carboxylic acids is 2. The highest BCUT2D eigenvalue weighted by molar-refractivity contribution is 6.32. The molecule has 5 heteroatoms. The Balaban J connectivity index is 1.87. The van der Waals surface area contributed by atoms with Crippen molar-refractivity contribution < 1.29 is 9.59 Å². The van der Waals surface area contributed by atoms with E-state index in [-0.39, 0.29) is 11.8 Å². The molecular weight excluding hydrogens is 264 g/mol. The van der Waals surface area contributed by atoms with Crippen LogP contribution in [0.15, 0.2) is 36.0 Å². The first-order valence-electron chi connectivity index (χ1n) is 6.27. The van der Waals surface area contributed by atoms with Crippen LogP contribution in [0.5, 0.6) is 0 Å². The van der Waals surface area contributed by atoms with E-state index in [0.29, 0.717) is 16.4 Å². The van der Waals surface area contributed by atoms with Gasteiger partial charge in [-0.05, 0) is 37.1 Å². The zero-order valence-corrected chi connectivity index (χ0v) is 11.1. The molecule has 0 unspecified atom stereocenters. The van der Waals surface area contributed by atoms with Gasteiger partial charge in [-0.3, -0.25) is 9.59 Å². The number of rotatable bonds is 2. The predicted molar refractivity (Wildman–Crippen MR) is 72.8 cm³/mol. The molecule has 4 nitrogen and oxygen atoms in total. The molecule has 2 amide bonds. The van der Waals surface area contributed by atoms with Crippen LogP contribution in [0.3, 0.4) is 0 Å². The number of imide groups is 1. The lowest BCUT2D eigenvalue weighted by atomic mass is 10.3. The number of carbonyl (C=O) groups is 2. The van der Waals surface area contributed by atoms with Crippen molar-refractivity contribution in [1.29, 1.82) is 0 Å². The second-order valence-electron chi connectivity index (χ2n) is 4.68. The molecule has 0 radical (unpaired) electrons. The van der Waals surface area contributed by atoms with Gasteiger partial charge in [-0.15, -0.1) is 0 Å². The minimum atomic E-state index is -0.283. The highest BCUT2D eigenvalue weighted by atomic mass is 35.5. The summed E-state index contributed by atoms with van der Waals surface area (Å²) in [6.07, 6.45) is 3.57. The van der Waals surface area contributed by atoms with Gasteiger partial charge in [0.05, 0.1) is 5.69 Å². The van der Waals surface area contributed by atoms with E-state index in [1.165, 1.54) is 11.0 Å². The Labute approximate surface area is 116 Å². The average Bonchev–Trinajstić information content (AvgIpc) is 3.00. The molecule has 0 N–H and O–H groups in total. The maximum atomic E-state index is 12.4. The first-order chi connectivity index (χ1) is 9.16. The number of likely N-dealkylation sites (tertiary alicyclic amines) is 1. The van der Waals surface area contributed by atoms with Gasteiger partial charge in [0.15, 0.2) is 0 Å². The highest BCUT2D eigenvalue weighted by Crippen LogP contribution is 2.27. The van der Waals surface area contributed by atoms with E-state index in [2.05, 4.69) is 0 Å². The minimum absolute atomic E-state index is 0.241. The van der Waals surface area contributed by atoms with Crippen LogP contribution < -0.4 is 4.90 Å². The van der Waals surface area contributed by atoms with Crippen LogP contribution in [0.1, 0.15) is 12.8 Å². The fraction of sp³-hybridized carbons (Fsp3) is 0.286. The van der Waals surface area contributed by atoms with E-state index in [4.69, 9.17) is 11.6 Å². The second kappa shape index (κ2) is 4.70. The number of nitrogens with zero attached hydrogens (tertiary/aromatic N) is 2. The molecule has 19 heavy (non-hydrogen) atoms. The van der Waals surface area contributed by atoms with Crippen LogP contribution in [-0.4, -0.2) is 29.8 Å². The summed E-state index contributed by atoms with van der Waals surface area (Å²) < 4.78 is 0. The van der Waals surface area contributed by atoms with Crippen LogP contribution >= 0.6 is 11.6 Å². The third kappa shape index (κ3) is 2.12. The molecule has 2 heterocycles. The molecule has 2 aliphatic heterocycles. The monoisotopic (exact) mass is 276 g/mol. The van der Waals surface area contributed by atoms with E-state index in [9.17, 15) is 9.59 Å². The molecule has 0 spiro atoms. The molecule has 2 aliphatic rings. The molecular formula is C14H13ClN2O2. The maximum absolute atomic E-state index is 12.4. The van der Waals surface area contributed by atoms with Crippen molar-refractivity contribution in [2.75, 3.05) is 18.0 Å². The van der Waals surface area contributed by atoms with E-state index in [1.54, 1.807) is 24.3 Å². The van der Waals surface area contributed by atoms with Crippen LogP contribution in [0.25, 0.3) is 0 Å². The third-order valence-electron chi connectivity index (χ3n) is 3.43. The molecule has 1 fully saturated rings. The van der Waals surface area contributed by atoms with Crippen molar-refractivity contribution in [3.8, 4) is 0 Å². The van der Waals surface area contributed by atoms with Crippen LogP contribution in [0, 0.1) is 0 Å². The fourth-order valence-corrected chi connectivity index (χ4v) is 2.60. The summed E-state index contributed by atoms with van der Waals surface area (Å²) in [6, 6.07) is 6.70. The Morgan fingerprint density at radius 2 is 1.63 bits per heavy atom. The van der Waals surface area contributed by atoms with Crippen molar-refractivity contribution in [1.82, 2.24) is 4.90 Å². The lowest BCUT2D eigenvalue weighted by molar-refractivity contribution is -0.120. The standard InChI is InChI=1S/C14H13ClN2O2/c15-10-3-5-11(6-4-10)17-13(18)9-12(14(17)19)16-7-1-2-8-16/h3-6,9H,1-2,7-8H2. The van der Waals surface area contributed by atoms with Gasteiger partial charge in [0, 0.05) is 24.2 Å². The summed E-state index contributed by atoms with van der Waals surface area (Å²) in [5.74, 6) is -0.525. The summed E-state index contributed by atoms with van der Waals surface area (Å²) in [4.78, 5) is 27.5. The first-order valence-corrected chi connectivity index (χ1v) is 6.65. The van der Waals surface area contributed by atoms with Crippen molar-refractivity contribution >= 4 is 29.1 Å². The topological polar surface area (TPSA) is 40.6 Å². The molecule has 0 bridgehead atoms. The molecule has 0 aromatic heterocycles. The number of anilines is 1. The predicted octanol–water partition coefficient (Wildman–Crippen LogP) is 2.19. The zero-order chi connectivity index (χ0) is 13.4. The molecule has 3 rings (SSSR count). The zero-order valence-electron chi connectivity index (χ0n) is 10.3. The Bertz CT molecular complexity index is 559. The number of amides is 2. The quantitative estimate of drug-likeness (QED) is 0.778. The fourth-order valence-electron chi connectivity index (χ4n) is 2.48. The number of halogens is 1. The van der Waals surface area contributed by atoms with Gasteiger partial charge in [0.25, 0.3) is 11.8 Å². The number of hydrogen-bond donors (Lipinski definition) is 0. The summed E-state index contributed by atoms with van der Waals surface area (Å²) in [5.41, 5.74) is 1.07. The van der Waals surface area contributed by atoms with Crippen molar-refractivity contribution in [3.05, 3.63) is 41.1 Å². The number of benzene rings is 1. The highest BCUT2D eigenvalue weighted by Gasteiger charge is 2.35. The molecule has 0 saturated carbocycles. The van der Waals surface area contributed by atoms with Gasteiger partial charge in [-0.2, -0.15) is 0 Å². The van der Waals surface area contributed by atoms with E-state index >= 15 is 0 Å². The van der Waals surface area contributed by atoms with Crippen LogP contribution in [-0.2, 0) is 9.59 Å². The lowest BCUT2D eigenvalue weighted by Gasteiger charge is -2.20. The molecule has 1 aromatic carbocycles. The van der Waals surface area contributed by atoms with Gasteiger partial charge in [-0.25, -0.2) is 4.90 Å². The lowest BCUT2D eigenvalue weighted by Crippen LogP contribution is -2.34. The Kier molecular flexibility index (Phi) is 3.03. The molecule has 0 aliphatic carbocycles. The first kappa shape index (κ1) is 12.2. The van der Waals surface area contributed by atoms with Crippen LogP contribution in [0.2, 0.25) is 5.02 Å². The maximum Gasteiger partial charge on any atom is 0.281 e. The van der Waals surface area contributed by atoms with E-state index in [0.717, 1.165) is 25.9 Å². The minimum Gasteiger partial charge on any atom is -0.367 e. The normalized spacial score (nSPS) is 19.3. The molecule has 0 atom stereocenters. The number of hydrogen-bond acceptors (Lipinski definition) is 3. The molecule has 98 valence electrons. The second-order valence-corrected chi connectivity index (χ2v) is 5.12. The van der Waals surface area contributed by atoms with Gasteiger partial charge in [0.2, 0.25) is 0 Å². The Hall–Kier alpha value is -1.81. The SMILES string of the molecule is O=C1C=C(N2CCCC2)C(=O)N1c1ccc(Cl)cc1. The largest absolute Gasteiger partial charge is 0.367 e. The Morgan fingerprint density at radius 1 is 1.00 bits per heavy atom. The van der Waals surface area contributed by atoms with E-state index < -0.39 is 0 Å². The van der Waals surface area contributed by atoms with Gasteiger partial charge < -0.3 is 4.90 Å². The molecule has 1 saturated heterocycles. The van der Waals surface area contributed by atoms with Crippen molar-refractivity contribution in [3.63, 3.8) is 0 Å². The summed E-state index contributed by atoms with van der Waals surface area (Å²) >= 11 is 5.81. The summed E-state index contributed by atoms with van der Waals surface area (Å²) in [6.45, 7) is 1.69. The average molecular weight is 277 g/mol. The molecule has 1 aromatic rings. The van der Waals surface area contributed by atoms with E-state index in [1.807, 2.05) is 4.90 Å². The summed E-state index contributed by atoms with van der Waals surface area (Å²) in [5, 5.41) is 0.579. The third-order valence-corrected chi connectivity index (χ3v) is 3.69. The van der Waals surface area contributed by atoms with Gasteiger partial charge in [0.1, 0.15) is 5.70 Å². The van der Waals surface area contributed by atoms with Crippen molar-refractivity contribution in [2.45, 2.75) is 12.8 Å². The Morgan fingerprint density at radius 3 is 2.26 bits per heavy atom. The summed E-state index contributed by atoms with van der Waals surface area (Å²) in [7, 11) is 0.